The zero-order chi connectivity index (χ0) is 12.0. The van der Waals surface area contributed by atoms with Gasteiger partial charge in [-0.2, -0.15) is 5.10 Å². The van der Waals surface area contributed by atoms with E-state index in [2.05, 4.69) is 26.5 Å². The molecule has 0 spiro atoms. The normalized spacial score (nSPS) is 11.3. The zero-order valence-corrected chi connectivity index (χ0v) is 11.0. The van der Waals surface area contributed by atoms with Crippen LogP contribution in [0.25, 0.3) is 0 Å². The number of nitrogens with one attached hydrogen (secondary N) is 1. The summed E-state index contributed by atoms with van der Waals surface area (Å²) in [5, 5.41) is 4.04. The summed E-state index contributed by atoms with van der Waals surface area (Å²) in [5.41, 5.74) is 4.34. The smallest absolute Gasteiger partial charge is 0.240 e. The third kappa shape index (κ3) is 4.14. The van der Waals surface area contributed by atoms with Crippen LogP contribution in [0, 0.1) is 0 Å². The first-order chi connectivity index (χ1) is 7.63. The molecule has 0 radical (unpaired) electrons. The first kappa shape index (κ1) is 12.9. The fraction of sp³-hybridized carbons (Fsp3) is 0.333. The molecule has 86 valence electrons. The van der Waals surface area contributed by atoms with E-state index in [4.69, 9.17) is 0 Å². The highest BCUT2D eigenvalue weighted by Gasteiger charge is 1.99. The summed E-state index contributed by atoms with van der Waals surface area (Å²) in [6.45, 7) is 3.83. The van der Waals surface area contributed by atoms with E-state index in [0.717, 1.165) is 22.2 Å². The highest BCUT2D eigenvalue weighted by molar-refractivity contribution is 9.10. The van der Waals surface area contributed by atoms with E-state index >= 15 is 0 Å². The summed E-state index contributed by atoms with van der Waals surface area (Å²) in [7, 11) is 0. The number of rotatable bonds is 4. The molecule has 0 aromatic heterocycles. The van der Waals surface area contributed by atoms with Crippen molar-refractivity contribution < 1.29 is 4.79 Å². The van der Waals surface area contributed by atoms with Gasteiger partial charge in [0.05, 0.1) is 5.71 Å². The van der Waals surface area contributed by atoms with Crippen LogP contribution < -0.4 is 5.43 Å². The van der Waals surface area contributed by atoms with Gasteiger partial charge in [0.15, 0.2) is 0 Å². The maximum absolute atomic E-state index is 11.2. The van der Waals surface area contributed by atoms with Crippen LogP contribution in [0.15, 0.2) is 33.8 Å². The maximum atomic E-state index is 11.2. The molecule has 0 aliphatic carbocycles. The van der Waals surface area contributed by atoms with Gasteiger partial charge in [-0.05, 0) is 31.0 Å². The SMILES string of the molecule is CCCC(=O)N/N=C(\C)c1ccc(Br)cc1. The van der Waals surface area contributed by atoms with E-state index in [1.807, 2.05) is 38.1 Å². The Bertz CT molecular complexity index is 385. The molecular formula is C12H15BrN2O. The Morgan fingerprint density at radius 1 is 1.38 bits per heavy atom. The topological polar surface area (TPSA) is 41.5 Å². The van der Waals surface area contributed by atoms with E-state index in [1.54, 1.807) is 0 Å². The molecule has 4 heteroatoms. The van der Waals surface area contributed by atoms with Crippen molar-refractivity contribution in [3.63, 3.8) is 0 Å². The second-order valence-corrected chi connectivity index (χ2v) is 4.40. The summed E-state index contributed by atoms with van der Waals surface area (Å²) in [5.74, 6) is -0.0426. The Kier molecular flexibility index (Phi) is 5.19. The van der Waals surface area contributed by atoms with Crippen molar-refractivity contribution in [1.29, 1.82) is 0 Å². The summed E-state index contributed by atoms with van der Waals surface area (Å²) in [6.07, 6.45) is 1.34. The van der Waals surface area contributed by atoms with Crippen molar-refractivity contribution in [1.82, 2.24) is 5.43 Å². The van der Waals surface area contributed by atoms with Crippen LogP contribution >= 0.6 is 15.9 Å². The van der Waals surface area contributed by atoms with Gasteiger partial charge in [0.25, 0.3) is 0 Å². The molecule has 0 aliphatic heterocycles. The van der Waals surface area contributed by atoms with Crippen LogP contribution in [0.4, 0.5) is 0 Å². The second kappa shape index (κ2) is 6.43. The quantitative estimate of drug-likeness (QED) is 0.669. The van der Waals surface area contributed by atoms with Gasteiger partial charge in [0.1, 0.15) is 0 Å². The molecule has 0 heterocycles. The molecule has 1 N–H and O–H groups in total. The van der Waals surface area contributed by atoms with E-state index in [1.165, 1.54) is 0 Å². The van der Waals surface area contributed by atoms with Crippen molar-refractivity contribution in [3.05, 3.63) is 34.3 Å². The standard InChI is InChI=1S/C12H15BrN2O/c1-3-4-12(16)15-14-9(2)10-5-7-11(13)8-6-10/h5-8H,3-4H2,1-2H3,(H,15,16)/b14-9+. The number of benzene rings is 1. The number of nitrogens with zero attached hydrogens (tertiary/aromatic N) is 1. The highest BCUT2D eigenvalue weighted by Crippen LogP contribution is 2.10. The van der Waals surface area contributed by atoms with Crippen molar-refractivity contribution in [2.45, 2.75) is 26.7 Å². The molecule has 3 nitrogen and oxygen atoms in total. The fourth-order valence-electron chi connectivity index (χ4n) is 1.18. The third-order valence-electron chi connectivity index (χ3n) is 2.09. The lowest BCUT2D eigenvalue weighted by atomic mass is 10.1. The monoisotopic (exact) mass is 282 g/mol. The molecule has 16 heavy (non-hydrogen) atoms. The summed E-state index contributed by atoms with van der Waals surface area (Å²) >= 11 is 3.37. The molecule has 0 bridgehead atoms. The van der Waals surface area contributed by atoms with Crippen LogP contribution in [0.3, 0.4) is 0 Å². The maximum Gasteiger partial charge on any atom is 0.240 e. The Labute approximate surface area is 104 Å². The average molecular weight is 283 g/mol. The number of hydrogen-bond donors (Lipinski definition) is 1. The molecule has 1 aromatic rings. The minimum absolute atomic E-state index is 0.0426. The summed E-state index contributed by atoms with van der Waals surface area (Å²) in [4.78, 5) is 11.2. The molecule has 0 aliphatic rings. The summed E-state index contributed by atoms with van der Waals surface area (Å²) in [6, 6.07) is 7.80. The van der Waals surface area contributed by atoms with E-state index < -0.39 is 0 Å². The Balaban J connectivity index is 2.63. The molecular weight excluding hydrogens is 268 g/mol. The number of carbonyl (C=O) groups is 1. The van der Waals surface area contributed by atoms with Crippen LogP contribution in [0.1, 0.15) is 32.3 Å². The van der Waals surface area contributed by atoms with Crippen molar-refractivity contribution in [2.24, 2.45) is 5.10 Å². The molecule has 0 atom stereocenters. The second-order valence-electron chi connectivity index (χ2n) is 3.49. The van der Waals surface area contributed by atoms with Gasteiger partial charge < -0.3 is 0 Å². The molecule has 0 saturated carbocycles. The molecule has 1 amide bonds. The number of amides is 1. The number of halogens is 1. The van der Waals surface area contributed by atoms with E-state index in [0.29, 0.717) is 6.42 Å². The van der Waals surface area contributed by atoms with Crippen molar-refractivity contribution in [2.75, 3.05) is 0 Å². The first-order valence-electron chi connectivity index (χ1n) is 5.22. The Morgan fingerprint density at radius 2 is 2.00 bits per heavy atom. The van der Waals surface area contributed by atoms with Crippen LogP contribution in [0.2, 0.25) is 0 Å². The fourth-order valence-corrected chi connectivity index (χ4v) is 1.45. The third-order valence-corrected chi connectivity index (χ3v) is 2.62. The minimum atomic E-state index is -0.0426. The lowest BCUT2D eigenvalue weighted by Gasteiger charge is -2.02. The van der Waals surface area contributed by atoms with Gasteiger partial charge in [0, 0.05) is 10.9 Å². The lowest BCUT2D eigenvalue weighted by molar-refractivity contribution is -0.121. The molecule has 0 saturated heterocycles. The van der Waals surface area contributed by atoms with Crippen molar-refractivity contribution in [3.8, 4) is 0 Å². The zero-order valence-electron chi connectivity index (χ0n) is 9.46. The van der Waals surface area contributed by atoms with Crippen LogP contribution in [-0.4, -0.2) is 11.6 Å². The first-order valence-corrected chi connectivity index (χ1v) is 6.02. The van der Waals surface area contributed by atoms with E-state index in [9.17, 15) is 4.79 Å². The van der Waals surface area contributed by atoms with E-state index in [-0.39, 0.29) is 5.91 Å². The van der Waals surface area contributed by atoms with Gasteiger partial charge in [0.2, 0.25) is 5.91 Å². The van der Waals surface area contributed by atoms with Crippen LogP contribution in [0.5, 0.6) is 0 Å². The van der Waals surface area contributed by atoms with Gasteiger partial charge in [-0.1, -0.05) is 35.0 Å². The van der Waals surface area contributed by atoms with Crippen LogP contribution in [-0.2, 0) is 4.79 Å². The van der Waals surface area contributed by atoms with Gasteiger partial charge >= 0.3 is 0 Å². The lowest BCUT2D eigenvalue weighted by Crippen LogP contribution is -2.18. The molecule has 0 unspecified atom stereocenters. The Hall–Kier alpha value is -1.16. The van der Waals surface area contributed by atoms with Gasteiger partial charge in [-0.15, -0.1) is 0 Å². The largest absolute Gasteiger partial charge is 0.273 e. The number of hydrogen-bond acceptors (Lipinski definition) is 2. The Morgan fingerprint density at radius 3 is 2.56 bits per heavy atom. The molecule has 1 aromatic carbocycles. The minimum Gasteiger partial charge on any atom is -0.273 e. The van der Waals surface area contributed by atoms with Crippen molar-refractivity contribution >= 4 is 27.5 Å². The number of carbonyl (C=O) groups excluding carboxylic acids is 1. The molecule has 0 fully saturated rings. The summed E-state index contributed by atoms with van der Waals surface area (Å²) < 4.78 is 1.03. The predicted octanol–water partition coefficient (Wildman–Crippen LogP) is 3.09. The average Bonchev–Trinajstić information content (AvgIpc) is 2.27. The molecule has 1 rings (SSSR count). The highest BCUT2D eigenvalue weighted by atomic mass is 79.9. The van der Waals surface area contributed by atoms with Gasteiger partial charge in [-0.3, -0.25) is 4.79 Å². The van der Waals surface area contributed by atoms with Gasteiger partial charge in [-0.25, -0.2) is 5.43 Å². The number of hydrazone groups is 1. The predicted molar refractivity (Wildman–Crippen MR) is 69.4 cm³/mol.